The van der Waals surface area contributed by atoms with Crippen LogP contribution in [-0.4, -0.2) is 55.7 Å². The first-order chi connectivity index (χ1) is 15.9. The van der Waals surface area contributed by atoms with E-state index in [1.165, 1.54) is 25.7 Å². The van der Waals surface area contributed by atoms with Crippen LogP contribution in [-0.2, 0) is 9.59 Å². The summed E-state index contributed by atoms with van der Waals surface area (Å²) < 4.78 is 0. The molecule has 0 spiro atoms. The molecule has 1 aromatic heterocycles. The number of nitrogens with zero attached hydrogens (tertiary/aromatic N) is 3. The van der Waals surface area contributed by atoms with Crippen molar-refractivity contribution < 1.29 is 19.8 Å². The van der Waals surface area contributed by atoms with Crippen molar-refractivity contribution in [2.24, 2.45) is 0 Å². The number of hydrogen-bond donors (Lipinski definition) is 5. The van der Waals surface area contributed by atoms with Gasteiger partial charge in [0, 0.05) is 6.54 Å². The van der Waals surface area contributed by atoms with Crippen molar-refractivity contribution in [1.82, 2.24) is 15.0 Å². The fraction of sp³-hybridized carbons (Fsp3) is 0.783. The molecule has 1 heterocycles. The van der Waals surface area contributed by atoms with Gasteiger partial charge in [-0.05, 0) is 19.3 Å². The Kier molecular flexibility index (Phi) is 14.5. The average molecular weight is 467 g/mol. The summed E-state index contributed by atoms with van der Waals surface area (Å²) in [5, 5.41) is 28.0. The lowest BCUT2D eigenvalue weighted by Gasteiger charge is -2.18. The average Bonchev–Trinajstić information content (AvgIpc) is 2.78. The molecule has 0 aromatic carbocycles. The summed E-state index contributed by atoms with van der Waals surface area (Å²) in [6.45, 7) is 6.85. The molecule has 10 nitrogen and oxygen atoms in total. The number of rotatable bonds is 20. The lowest BCUT2D eigenvalue weighted by molar-refractivity contribution is -0.139. The number of unbranched alkanes of at least 4 members (excludes halogenated alkanes) is 7. The Morgan fingerprint density at radius 2 is 1.09 bits per heavy atom. The van der Waals surface area contributed by atoms with Crippen LogP contribution in [0.1, 0.15) is 97.8 Å². The Bertz CT molecular complexity index is 657. The SMILES string of the molecule is CCCCCCCCNc1nc(NC(CCCC)C(=O)O)nc(NC(CCCC)C(=O)O)n1. The molecule has 1 rings (SSSR count). The molecule has 0 aliphatic carbocycles. The van der Waals surface area contributed by atoms with Crippen LogP contribution in [0.2, 0.25) is 0 Å². The fourth-order valence-corrected chi connectivity index (χ4v) is 3.33. The maximum atomic E-state index is 11.6. The van der Waals surface area contributed by atoms with E-state index in [9.17, 15) is 19.8 Å². The molecule has 2 atom stereocenters. The van der Waals surface area contributed by atoms with Crippen LogP contribution in [0.3, 0.4) is 0 Å². The van der Waals surface area contributed by atoms with E-state index in [2.05, 4.69) is 37.8 Å². The van der Waals surface area contributed by atoms with Crippen molar-refractivity contribution in [2.45, 2.75) is 110 Å². The molecule has 5 N–H and O–H groups in total. The van der Waals surface area contributed by atoms with Gasteiger partial charge in [0.15, 0.2) is 0 Å². The highest BCUT2D eigenvalue weighted by molar-refractivity contribution is 5.77. The number of aromatic nitrogens is 3. The summed E-state index contributed by atoms with van der Waals surface area (Å²) in [6, 6.07) is -1.66. The molecule has 0 saturated heterocycles. The summed E-state index contributed by atoms with van der Waals surface area (Å²) in [5.41, 5.74) is 0. The lowest BCUT2D eigenvalue weighted by Crippen LogP contribution is -2.32. The second-order valence-corrected chi connectivity index (χ2v) is 8.36. The highest BCUT2D eigenvalue weighted by Crippen LogP contribution is 2.15. The minimum Gasteiger partial charge on any atom is -0.480 e. The highest BCUT2D eigenvalue weighted by atomic mass is 16.4. The zero-order chi connectivity index (χ0) is 24.5. The predicted molar refractivity (Wildman–Crippen MR) is 131 cm³/mol. The van der Waals surface area contributed by atoms with E-state index in [1.807, 2.05) is 13.8 Å². The first-order valence-corrected chi connectivity index (χ1v) is 12.4. The summed E-state index contributed by atoms with van der Waals surface area (Å²) in [6.07, 6.45) is 11.1. The van der Waals surface area contributed by atoms with Crippen LogP contribution in [0.4, 0.5) is 17.8 Å². The van der Waals surface area contributed by atoms with Crippen molar-refractivity contribution in [3.05, 3.63) is 0 Å². The standard InChI is InChI=1S/C23H42N6O4/c1-4-7-10-11-12-13-16-24-21-27-22(25-17(19(30)31)14-8-5-2)29-23(28-21)26-18(20(32)33)15-9-6-3/h17-18H,4-16H2,1-3H3,(H,30,31)(H,32,33)(H3,24,25,26,27,28,29). The van der Waals surface area contributed by atoms with Gasteiger partial charge in [0.25, 0.3) is 0 Å². The second kappa shape index (κ2) is 16.9. The van der Waals surface area contributed by atoms with Gasteiger partial charge in [0.2, 0.25) is 17.8 Å². The van der Waals surface area contributed by atoms with Crippen LogP contribution in [0, 0.1) is 0 Å². The van der Waals surface area contributed by atoms with Crippen molar-refractivity contribution in [3.63, 3.8) is 0 Å². The van der Waals surface area contributed by atoms with E-state index >= 15 is 0 Å². The minimum absolute atomic E-state index is 0.112. The fourth-order valence-electron chi connectivity index (χ4n) is 3.33. The predicted octanol–water partition coefficient (Wildman–Crippen LogP) is 4.75. The molecule has 2 unspecified atom stereocenters. The molecule has 10 heteroatoms. The summed E-state index contributed by atoms with van der Waals surface area (Å²) >= 11 is 0. The Hall–Kier alpha value is -2.65. The normalized spacial score (nSPS) is 12.7. The molecular formula is C23H42N6O4. The van der Waals surface area contributed by atoms with Crippen LogP contribution >= 0.6 is 0 Å². The third-order valence-corrected chi connectivity index (χ3v) is 5.34. The third kappa shape index (κ3) is 12.2. The third-order valence-electron chi connectivity index (χ3n) is 5.34. The number of aliphatic carboxylic acids is 2. The van der Waals surface area contributed by atoms with E-state index in [1.54, 1.807) is 0 Å². The smallest absolute Gasteiger partial charge is 0.326 e. The van der Waals surface area contributed by atoms with Gasteiger partial charge >= 0.3 is 11.9 Å². The van der Waals surface area contributed by atoms with Crippen molar-refractivity contribution in [1.29, 1.82) is 0 Å². The number of nitrogens with one attached hydrogen (secondary N) is 3. The number of carbonyl (C=O) groups is 2. The molecule has 33 heavy (non-hydrogen) atoms. The van der Waals surface area contributed by atoms with Crippen LogP contribution in [0.25, 0.3) is 0 Å². The van der Waals surface area contributed by atoms with Crippen LogP contribution in [0.15, 0.2) is 0 Å². The molecule has 0 bridgehead atoms. The van der Waals surface area contributed by atoms with E-state index in [0.717, 1.165) is 38.5 Å². The minimum atomic E-state index is -0.980. The monoisotopic (exact) mass is 466 g/mol. The van der Waals surface area contributed by atoms with E-state index in [4.69, 9.17) is 0 Å². The Morgan fingerprint density at radius 3 is 1.55 bits per heavy atom. The van der Waals surface area contributed by atoms with Gasteiger partial charge < -0.3 is 26.2 Å². The number of anilines is 3. The van der Waals surface area contributed by atoms with Crippen molar-refractivity contribution in [3.8, 4) is 0 Å². The maximum absolute atomic E-state index is 11.6. The Balaban J connectivity index is 2.93. The maximum Gasteiger partial charge on any atom is 0.326 e. The number of hydrogen-bond acceptors (Lipinski definition) is 8. The largest absolute Gasteiger partial charge is 0.480 e. The number of carboxylic acid groups (broad SMARTS) is 2. The summed E-state index contributed by atoms with van der Waals surface area (Å²) in [4.78, 5) is 36.2. The Morgan fingerprint density at radius 1 is 0.667 bits per heavy atom. The van der Waals surface area contributed by atoms with Crippen LogP contribution in [0.5, 0.6) is 0 Å². The molecule has 0 fully saturated rings. The van der Waals surface area contributed by atoms with Gasteiger partial charge in [0.05, 0.1) is 0 Å². The highest BCUT2D eigenvalue weighted by Gasteiger charge is 2.21. The molecule has 0 amide bonds. The van der Waals surface area contributed by atoms with Gasteiger partial charge in [-0.3, -0.25) is 0 Å². The van der Waals surface area contributed by atoms with E-state index in [0.29, 0.717) is 25.3 Å². The molecular weight excluding hydrogens is 424 g/mol. The quantitative estimate of drug-likeness (QED) is 0.170. The molecule has 0 radical (unpaired) electrons. The molecule has 0 saturated carbocycles. The van der Waals surface area contributed by atoms with Crippen molar-refractivity contribution in [2.75, 3.05) is 22.5 Å². The number of carboxylic acids is 2. The zero-order valence-electron chi connectivity index (χ0n) is 20.4. The van der Waals surface area contributed by atoms with Crippen molar-refractivity contribution >= 4 is 29.8 Å². The summed E-state index contributed by atoms with van der Waals surface area (Å²) in [7, 11) is 0. The topological polar surface area (TPSA) is 149 Å². The second-order valence-electron chi connectivity index (χ2n) is 8.36. The van der Waals surface area contributed by atoms with E-state index in [-0.39, 0.29) is 11.9 Å². The Labute approximate surface area is 197 Å². The first-order valence-electron chi connectivity index (χ1n) is 12.4. The van der Waals surface area contributed by atoms with Gasteiger partial charge in [-0.2, -0.15) is 15.0 Å². The lowest BCUT2D eigenvalue weighted by atomic mass is 10.1. The molecule has 0 aliphatic heterocycles. The first kappa shape index (κ1) is 28.4. The summed E-state index contributed by atoms with van der Waals surface area (Å²) in [5.74, 6) is -1.44. The van der Waals surface area contributed by atoms with Crippen LogP contribution < -0.4 is 16.0 Å². The van der Waals surface area contributed by atoms with Gasteiger partial charge in [0.1, 0.15) is 12.1 Å². The zero-order valence-corrected chi connectivity index (χ0v) is 20.4. The van der Waals surface area contributed by atoms with E-state index < -0.39 is 24.0 Å². The molecule has 0 aliphatic rings. The molecule has 188 valence electrons. The van der Waals surface area contributed by atoms with Gasteiger partial charge in [-0.15, -0.1) is 0 Å². The van der Waals surface area contributed by atoms with Gasteiger partial charge in [-0.25, -0.2) is 9.59 Å². The van der Waals surface area contributed by atoms with Gasteiger partial charge in [-0.1, -0.05) is 78.6 Å². The molecule has 1 aromatic rings.